The van der Waals surface area contributed by atoms with E-state index >= 15 is 0 Å². The number of ether oxygens (including phenoxy) is 1. The second kappa shape index (κ2) is 11.5. The van der Waals surface area contributed by atoms with E-state index in [2.05, 4.69) is 51.1 Å². The Hall–Kier alpha value is -4.50. The Morgan fingerprint density at radius 2 is 1.76 bits per heavy atom. The van der Waals surface area contributed by atoms with Gasteiger partial charge in [-0.2, -0.15) is 0 Å². The number of pyridine rings is 1. The van der Waals surface area contributed by atoms with Crippen LogP contribution in [0.3, 0.4) is 0 Å². The molecule has 1 aliphatic rings. The van der Waals surface area contributed by atoms with Gasteiger partial charge in [0.1, 0.15) is 0 Å². The zero-order chi connectivity index (χ0) is 29.3. The first kappa shape index (κ1) is 28.0. The van der Waals surface area contributed by atoms with Gasteiger partial charge in [0.25, 0.3) is 0 Å². The molecule has 0 unspecified atom stereocenters. The molecule has 0 aliphatic carbocycles. The van der Waals surface area contributed by atoms with Crippen molar-refractivity contribution in [2.24, 2.45) is 0 Å². The van der Waals surface area contributed by atoms with Crippen LogP contribution in [0.1, 0.15) is 64.0 Å². The van der Waals surface area contributed by atoms with E-state index in [9.17, 15) is 9.59 Å². The molecule has 1 aliphatic heterocycles. The van der Waals surface area contributed by atoms with Gasteiger partial charge in [0, 0.05) is 41.1 Å². The number of nitrogens with one attached hydrogen (secondary N) is 2. The van der Waals surface area contributed by atoms with E-state index in [0.29, 0.717) is 17.1 Å². The third kappa shape index (κ3) is 5.32. The molecule has 0 bridgehead atoms. The quantitative estimate of drug-likeness (QED) is 0.206. The molecule has 0 radical (unpaired) electrons. The molecule has 2 aromatic carbocycles. The van der Waals surface area contributed by atoms with Gasteiger partial charge < -0.3 is 24.8 Å². The number of benzene rings is 2. The Kier molecular flexibility index (Phi) is 7.90. The van der Waals surface area contributed by atoms with Crippen molar-refractivity contribution in [2.45, 2.75) is 46.2 Å². The van der Waals surface area contributed by atoms with Crippen LogP contribution in [-0.2, 0) is 9.53 Å². The fourth-order valence-electron chi connectivity index (χ4n) is 5.47. The van der Waals surface area contributed by atoms with Crippen molar-refractivity contribution in [3.05, 3.63) is 107 Å². The smallest absolute Gasteiger partial charge is 0.337 e. The first-order valence-electron chi connectivity index (χ1n) is 13.5. The Morgan fingerprint density at radius 1 is 1.02 bits per heavy atom. The largest absolute Gasteiger partial charge is 0.465 e. The van der Waals surface area contributed by atoms with Crippen LogP contribution < -0.4 is 15.5 Å². The molecule has 1 amide bonds. The van der Waals surface area contributed by atoms with Gasteiger partial charge in [0.15, 0.2) is 5.11 Å². The molecule has 0 saturated carbocycles. The second-order valence-electron chi connectivity index (χ2n) is 10.1. The summed E-state index contributed by atoms with van der Waals surface area (Å²) in [5, 5.41) is 7.10. The van der Waals surface area contributed by atoms with Crippen molar-refractivity contribution in [2.75, 3.05) is 17.3 Å². The Balaban J connectivity index is 1.60. The summed E-state index contributed by atoms with van der Waals surface area (Å²) in [5.74, 6) is -0.396. The molecule has 8 nitrogen and oxygen atoms in total. The highest BCUT2D eigenvalue weighted by molar-refractivity contribution is 7.80. The lowest BCUT2D eigenvalue weighted by molar-refractivity contribution is -0.115. The summed E-state index contributed by atoms with van der Waals surface area (Å²) in [4.78, 5) is 30.8. The van der Waals surface area contributed by atoms with Crippen molar-refractivity contribution in [3.8, 4) is 5.69 Å². The number of methoxy groups -OCH3 is 1. The Bertz CT molecular complexity index is 1610. The number of aryl methyl sites for hydroxylation is 2. The maximum absolute atomic E-state index is 12.0. The molecule has 3 heterocycles. The number of anilines is 2. The molecule has 5 rings (SSSR count). The van der Waals surface area contributed by atoms with Crippen LogP contribution in [-0.4, -0.2) is 33.6 Å². The van der Waals surface area contributed by atoms with Crippen molar-refractivity contribution >= 4 is 40.6 Å². The van der Waals surface area contributed by atoms with Gasteiger partial charge >= 0.3 is 5.97 Å². The lowest BCUT2D eigenvalue weighted by Gasteiger charge is -2.29. The number of carbonyl (C=O) groups excluding carboxylic acids is 2. The van der Waals surface area contributed by atoms with Gasteiger partial charge in [0.2, 0.25) is 5.91 Å². The predicted octanol–water partition coefficient (Wildman–Crippen LogP) is 6.11. The highest BCUT2D eigenvalue weighted by Crippen LogP contribution is 2.44. The van der Waals surface area contributed by atoms with Gasteiger partial charge in [-0.25, -0.2) is 4.79 Å². The molecule has 210 valence electrons. The predicted molar refractivity (Wildman–Crippen MR) is 165 cm³/mol. The highest BCUT2D eigenvalue weighted by Gasteiger charge is 2.42. The van der Waals surface area contributed by atoms with Gasteiger partial charge in [-0.1, -0.05) is 13.0 Å². The van der Waals surface area contributed by atoms with Crippen molar-refractivity contribution in [1.29, 1.82) is 0 Å². The first-order valence-corrected chi connectivity index (χ1v) is 13.9. The minimum Gasteiger partial charge on any atom is -0.465 e. The summed E-state index contributed by atoms with van der Waals surface area (Å²) >= 11 is 5.93. The first-order chi connectivity index (χ1) is 19.7. The van der Waals surface area contributed by atoms with Crippen LogP contribution in [0, 0.1) is 20.8 Å². The molecule has 9 heteroatoms. The van der Waals surface area contributed by atoms with Gasteiger partial charge in [-0.15, -0.1) is 0 Å². The number of aromatic nitrogens is 2. The molecule has 1 fully saturated rings. The number of carbonyl (C=O) groups is 2. The molecule has 2 N–H and O–H groups in total. The van der Waals surface area contributed by atoms with E-state index in [1.165, 1.54) is 7.11 Å². The van der Waals surface area contributed by atoms with Crippen molar-refractivity contribution < 1.29 is 14.3 Å². The Labute approximate surface area is 245 Å². The summed E-state index contributed by atoms with van der Waals surface area (Å²) < 4.78 is 7.04. The number of hydrogen-bond donors (Lipinski definition) is 2. The molecule has 2 atom stereocenters. The zero-order valence-corrected chi connectivity index (χ0v) is 24.6. The molecule has 1 saturated heterocycles. The van der Waals surface area contributed by atoms with Crippen LogP contribution in [0.5, 0.6) is 0 Å². The average Bonchev–Trinajstić information content (AvgIpc) is 3.48. The number of thiocarbonyl (C=S) groups is 1. The summed E-state index contributed by atoms with van der Waals surface area (Å²) in [5.41, 5.74) is 8.19. The standard InChI is InChI=1S/C32H33N5O3S/c1-6-28(38)34-26-15-14-24(17-19(26)2)37-30(29(35-32(37)41)27-9-7-8-16-33-27)25-18-20(3)36(21(25)4)23-12-10-22(11-13-23)31(39)40-5/h7-18,29-30H,6H2,1-5H3,(H,34,38)(H,35,41)/t29-,30+/m1/s1. The Morgan fingerprint density at radius 3 is 2.39 bits per heavy atom. The minimum absolute atomic E-state index is 0.0284. The number of rotatable bonds is 7. The zero-order valence-electron chi connectivity index (χ0n) is 23.8. The number of amides is 1. The molecule has 0 spiro atoms. The van der Waals surface area contributed by atoms with Crippen LogP contribution in [0.4, 0.5) is 11.4 Å². The third-order valence-electron chi connectivity index (χ3n) is 7.52. The molecule has 2 aromatic heterocycles. The summed E-state index contributed by atoms with van der Waals surface area (Å²) in [7, 11) is 1.38. The topological polar surface area (TPSA) is 88.5 Å². The molecular weight excluding hydrogens is 534 g/mol. The van der Waals surface area contributed by atoms with Crippen LogP contribution in [0.25, 0.3) is 5.69 Å². The fraction of sp³-hybridized carbons (Fsp3) is 0.250. The van der Waals surface area contributed by atoms with Gasteiger partial charge in [-0.3, -0.25) is 9.78 Å². The van der Waals surface area contributed by atoms with E-state index in [0.717, 1.165) is 45.3 Å². The van der Waals surface area contributed by atoms with Crippen molar-refractivity contribution in [1.82, 2.24) is 14.9 Å². The second-order valence-corrected chi connectivity index (χ2v) is 10.5. The lowest BCUT2D eigenvalue weighted by atomic mass is 9.96. The van der Waals surface area contributed by atoms with Gasteiger partial charge in [-0.05, 0) is 105 Å². The maximum atomic E-state index is 12.0. The third-order valence-corrected chi connectivity index (χ3v) is 7.83. The van der Waals surface area contributed by atoms with E-state index in [4.69, 9.17) is 17.0 Å². The fourth-order valence-corrected chi connectivity index (χ4v) is 5.82. The van der Waals surface area contributed by atoms with E-state index in [-0.39, 0.29) is 24.0 Å². The highest BCUT2D eigenvalue weighted by atomic mass is 32.1. The molecule has 4 aromatic rings. The van der Waals surface area contributed by atoms with E-state index in [1.54, 1.807) is 18.3 Å². The van der Waals surface area contributed by atoms with Crippen LogP contribution >= 0.6 is 12.2 Å². The normalized spacial score (nSPS) is 16.4. The van der Waals surface area contributed by atoms with Crippen molar-refractivity contribution in [3.63, 3.8) is 0 Å². The van der Waals surface area contributed by atoms with E-state index < -0.39 is 0 Å². The number of esters is 1. The SMILES string of the molecule is CCC(=O)Nc1ccc(N2C(=S)N[C@H](c3ccccn3)[C@@H]2c2cc(C)n(-c3ccc(C(=O)OC)cc3)c2C)cc1C. The monoisotopic (exact) mass is 567 g/mol. The van der Waals surface area contributed by atoms with Gasteiger partial charge in [0.05, 0.1) is 30.5 Å². The van der Waals surface area contributed by atoms with E-state index in [1.807, 2.05) is 56.3 Å². The number of nitrogens with zero attached hydrogens (tertiary/aromatic N) is 3. The molecule has 41 heavy (non-hydrogen) atoms. The molecular formula is C32H33N5O3S. The lowest BCUT2D eigenvalue weighted by Crippen LogP contribution is -2.29. The minimum atomic E-state index is -0.367. The summed E-state index contributed by atoms with van der Waals surface area (Å²) in [6.07, 6.45) is 2.21. The maximum Gasteiger partial charge on any atom is 0.337 e. The van der Waals surface area contributed by atoms with Crippen LogP contribution in [0.2, 0.25) is 0 Å². The van der Waals surface area contributed by atoms with Crippen LogP contribution in [0.15, 0.2) is 72.9 Å². The summed E-state index contributed by atoms with van der Waals surface area (Å²) in [6.45, 7) is 7.98. The number of hydrogen-bond acceptors (Lipinski definition) is 5. The average molecular weight is 568 g/mol. The summed E-state index contributed by atoms with van der Waals surface area (Å²) in [6, 6.07) is 21.1.